The van der Waals surface area contributed by atoms with Crippen molar-refractivity contribution in [2.24, 2.45) is 0 Å². The molecule has 0 unspecified atom stereocenters. The summed E-state index contributed by atoms with van der Waals surface area (Å²) in [4.78, 5) is 38.2. The number of nitrogens with one attached hydrogen (secondary N) is 2. The van der Waals surface area contributed by atoms with Crippen molar-refractivity contribution in [3.05, 3.63) is 94.0 Å². The van der Waals surface area contributed by atoms with Crippen molar-refractivity contribution < 1.29 is 14.4 Å². The number of fused-ring (bicyclic) bond motifs is 2. The summed E-state index contributed by atoms with van der Waals surface area (Å²) in [5.74, 6) is -0.620. The second-order valence-electron chi connectivity index (χ2n) is 7.64. The van der Waals surface area contributed by atoms with Gasteiger partial charge >= 0.3 is 0 Å². The summed E-state index contributed by atoms with van der Waals surface area (Å²) in [6.45, 7) is 5.79. The van der Waals surface area contributed by atoms with E-state index in [-0.39, 0.29) is 17.5 Å². The van der Waals surface area contributed by atoms with Crippen LogP contribution in [0.1, 0.15) is 49.9 Å². The van der Waals surface area contributed by atoms with Crippen LogP contribution in [0.4, 0.5) is 11.4 Å². The van der Waals surface area contributed by atoms with E-state index < -0.39 is 6.04 Å². The predicted molar refractivity (Wildman–Crippen MR) is 117 cm³/mol. The van der Waals surface area contributed by atoms with Gasteiger partial charge in [0.2, 0.25) is 5.91 Å². The molecule has 0 spiro atoms. The molecule has 0 aliphatic heterocycles. The van der Waals surface area contributed by atoms with Crippen LogP contribution in [0.25, 0.3) is 0 Å². The minimum absolute atomic E-state index is 0.178. The van der Waals surface area contributed by atoms with Crippen molar-refractivity contribution in [1.82, 2.24) is 0 Å². The van der Waals surface area contributed by atoms with Gasteiger partial charge in [-0.3, -0.25) is 14.4 Å². The molecule has 0 heterocycles. The van der Waals surface area contributed by atoms with Crippen molar-refractivity contribution in [2.75, 3.05) is 10.6 Å². The summed E-state index contributed by atoms with van der Waals surface area (Å²) in [5.41, 5.74) is 5.07. The van der Waals surface area contributed by atoms with Gasteiger partial charge in [-0.2, -0.15) is 0 Å². The summed E-state index contributed by atoms with van der Waals surface area (Å²) in [6, 6.07) is 17.1. The van der Waals surface area contributed by atoms with Crippen LogP contribution in [-0.2, 0) is 4.79 Å². The van der Waals surface area contributed by atoms with Gasteiger partial charge in [-0.05, 0) is 50.6 Å². The third-order valence-corrected chi connectivity index (χ3v) is 5.34. The van der Waals surface area contributed by atoms with E-state index in [1.54, 1.807) is 49.4 Å². The van der Waals surface area contributed by atoms with Gasteiger partial charge in [0.1, 0.15) is 6.04 Å². The number of carbonyl (C=O) groups is 3. The first-order valence-corrected chi connectivity index (χ1v) is 9.82. The highest BCUT2D eigenvalue weighted by Gasteiger charge is 2.29. The first-order chi connectivity index (χ1) is 14.3. The van der Waals surface area contributed by atoms with Gasteiger partial charge < -0.3 is 10.6 Å². The fraction of sp³-hybridized carbons (Fsp3) is 0.160. The average Bonchev–Trinajstić information content (AvgIpc) is 2.74. The zero-order valence-electron chi connectivity index (χ0n) is 17.1. The second-order valence-corrected chi connectivity index (χ2v) is 7.64. The van der Waals surface area contributed by atoms with Gasteiger partial charge in [0.25, 0.3) is 0 Å². The molecular weight excluding hydrogens is 376 g/mol. The molecular formula is C25H22N2O3. The van der Waals surface area contributed by atoms with Gasteiger partial charge in [0.15, 0.2) is 11.6 Å². The Balaban J connectivity index is 1.54. The topological polar surface area (TPSA) is 75.3 Å². The van der Waals surface area contributed by atoms with E-state index in [2.05, 4.69) is 16.7 Å². The van der Waals surface area contributed by atoms with Gasteiger partial charge in [-0.25, -0.2) is 0 Å². The summed E-state index contributed by atoms with van der Waals surface area (Å²) in [6.07, 6.45) is 0. The standard InChI is InChI=1S/C25H22N2O3/c1-14-8-11-22(15(2)12-14)26-16(3)25(30)27-17-9-10-20-21(13-17)24(29)19-7-5-4-6-18(19)23(20)28/h4-13,16,26H,1-3H3,(H,27,30)/t16-/m0/s1. The van der Waals surface area contributed by atoms with Crippen LogP contribution in [0.15, 0.2) is 60.7 Å². The van der Waals surface area contributed by atoms with E-state index in [9.17, 15) is 14.4 Å². The van der Waals surface area contributed by atoms with Crippen LogP contribution in [0.5, 0.6) is 0 Å². The van der Waals surface area contributed by atoms with E-state index in [1.807, 2.05) is 26.0 Å². The fourth-order valence-corrected chi connectivity index (χ4v) is 3.70. The summed E-state index contributed by atoms with van der Waals surface area (Å²) in [7, 11) is 0. The number of rotatable bonds is 4. The molecule has 0 saturated carbocycles. The number of amides is 1. The molecule has 2 N–H and O–H groups in total. The molecule has 1 aliphatic carbocycles. The van der Waals surface area contributed by atoms with Gasteiger partial charge in [-0.1, -0.05) is 42.0 Å². The summed E-state index contributed by atoms with van der Waals surface area (Å²) in [5, 5.41) is 6.05. The second kappa shape index (κ2) is 7.59. The molecule has 5 heteroatoms. The first-order valence-electron chi connectivity index (χ1n) is 9.82. The average molecular weight is 398 g/mol. The predicted octanol–water partition coefficient (Wildman–Crippen LogP) is 4.52. The van der Waals surface area contributed by atoms with Gasteiger partial charge in [0, 0.05) is 33.6 Å². The number of aryl methyl sites for hydroxylation is 2. The highest BCUT2D eigenvalue weighted by Crippen LogP contribution is 2.29. The molecule has 0 aromatic heterocycles. The Morgan fingerprint density at radius 1 is 0.800 bits per heavy atom. The number of benzene rings is 3. The molecule has 3 aromatic rings. The van der Waals surface area contributed by atoms with Crippen LogP contribution < -0.4 is 10.6 Å². The minimum Gasteiger partial charge on any atom is -0.374 e. The third kappa shape index (κ3) is 3.50. The Morgan fingerprint density at radius 3 is 2.10 bits per heavy atom. The van der Waals surface area contributed by atoms with E-state index >= 15 is 0 Å². The molecule has 1 amide bonds. The maximum Gasteiger partial charge on any atom is 0.246 e. The van der Waals surface area contributed by atoms with E-state index in [0.29, 0.717) is 27.9 Å². The maximum absolute atomic E-state index is 12.9. The van der Waals surface area contributed by atoms with E-state index in [1.165, 1.54) is 0 Å². The molecule has 3 aromatic carbocycles. The molecule has 0 radical (unpaired) electrons. The van der Waals surface area contributed by atoms with Gasteiger partial charge in [0.05, 0.1) is 0 Å². The van der Waals surface area contributed by atoms with E-state index in [0.717, 1.165) is 16.8 Å². The zero-order chi connectivity index (χ0) is 21.4. The first kappa shape index (κ1) is 19.6. The van der Waals surface area contributed by atoms with Crippen molar-refractivity contribution in [3.8, 4) is 0 Å². The Labute approximate surface area is 175 Å². The number of ketones is 2. The van der Waals surface area contributed by atoms with Crippen LogP contribution in [0.2, 0.25) is 0 Å². The molecule has 4 rings (SSSR count). The quantitative estimate of drug-likeness (QED) is 0.530. The highest BCUT2D eigenvalue weighted by atomic mass is 16.2. The minimum atomic E-state index is -0.486. The Morgan fingerprint density at radius 2 is 1.43 bits per heavy atom. The lowest BCUT2D eigenvalue weighted by atomic mass is 9.84. The summed E-state index contributed by atoms with van der Waals surface area (Å²) < 4.78 is 0. The Hall–Kier alpha value is -3.73. The monoisotopic (exact) mass is 398 g/mol. The van der Waals surface area contributed by atoms with Crippen LogP contribution >= 0.6 is 0 Å². The Bertz CT molecular complexity index is 1200. The van der Waals surface area contributed by atoms with Crippen molar-refractivity contribution >= 4 is 28.8 Å². The van der Waals surface area contributed by atoms with Crippen LogP contribution in [0.3, 0.4) is 0 Å². The van der Waals surface area contributed by atoms with Crippen molar-refractivity contribution in [2.45, 2.75) is 26.8 Å². The summed E-state index contributed by atoms with van der Waals surface area (Å²) >= 11 is 0. The molecule has 5 nitrogen and oxygen atoms in total. The van der Waals surface area contributed by atoms with E-state index in [4.69, 9.17) is 0 Å². The number of carbonyl (C=O) groups excluding carboxylic acids is 3. The normalized spacial score (nSPS) is 13.3. The molecule has 0 fully saturated rings. The smallest absolute Gasteiger partial charge is 0.246 e. The highest BCUT2D eigenvalue weighted by molar-refractivity contribution is 6.28. The Kier molecular flexibility index (Phi) is 4.96. The molecule has 1 aliphatic rings. The third-order valence-electron chi connectivity index (χ3n) is 5.34. The SMILES string of the molecule is Cc1ccc(N[C@@H](C)C(=O)Nc2ccc3c(c2)C(=O)c2ccccc2C3=O)c(C)c1. The number of hydrogen-bond donors (Lipinski definition) is 2. The fourth-order valence-electron chi connectivity index (χ4n) is 3.70. The molecule has 30 heavy (non-hydrogen) atoms. The number of anilines is 2. The zero-order valence-corrected chi connectivity index (χ0v) is 17.1. The largest absolute Gasteiger partial charge is 0.374 e. The lowest BCUT2D eigenvalue weighted by Crippen LogP contribution is -2.32. The van der Waals surface area contributed by atoms with Gasteiger partial charge in [-0.15, -0.1) is 0 Å². The lowest BCUT2D eigenvalue weighted by molar-refractivity contribution is -0.116. The maximum atomic E-state index is 12.9. The molecule has 0 bridgehead atoms. The van der Waals surface area contributed by atoms with Crippen molar-refractivity contribution in [3.63, 3.8) is 0 Å². The molecule has 0 saturated heterocycles. The van der Waals surface area contributed by atoms with Crippen LogP contribution in [0, 0.1) is 13.8 Å². The molecule has 1 atom stereocenters. The van der Waals surface area contributed by atoms with Crippen molar-refractivity contribution in [1.29, 1.82) is 0 Å². The molecule has 150 valence electrons. The lowest BCUT2D eigenvalue weighted by Gasteiger charge is -2.20. The number of hydrogen-bond acceptors (Lipinski definition) is 4. The van der Waals surface area contributed by atoms with Crippen LogP contribution in [-0.4, -0.2) is 23.5 Å².